The fourth-order valence-electron chi connectivity index (χ4n) is 1.58. The van der Waals surface area contributed by atoms with Crippen molar-refractivity contribution in [3.8, 4) is 11.5 Å². The van der Waals surface area contributed by atoms with Crippen molar-refractivity contribution in [3.05, 3.63) is 23.8 Å². The Balaban J connectivity index is 2.82. The number of amides is 3. The van der Waals surface area contributed by atoms with Gasteiger partial charge in [0.05, 0.1) is 7.11 Å². The lowest BCUT2D eigenvalue weighted by Gasteiger charge is -2.17. The number of imide groups is 1. The van der Waals surface area contributed by atoms with Crippen LogP contribution in [0.2, 0.25) is 0 Å². The first kappa shape index (κ1) is 16.8. The number of rotatable bonds is 5. The third-order valence-corrected chi connectivity index (χ3v) is 2.85. The molecule has 1 rings (SSSR count). The van der Waals surface area contributed by atoms with Crippen LogP contribution in [0.5, 0.6) is 11.5 Å². The molecule has 0 aliphatic rings. The number of nitrogens with two attached hydrogens (primary N) is 1. The highest BCUT2D eigenvalue weighted by atomic mass is 16.5. The maximum atomic E-state index is 11.7. The average Bonchev–Trinajstić information content (AvgIpc) is 2.46. The Labute approximate surface area is 123 Å². The standard InChI is InChI=1S/C14H21N3O4/c1-8(15)10-5-6-11(12(7-10)20-4)21-9(2)13(18)17-14(19)16-3/h5-9H,15H2,1-4H3,(H2,16,17,18,19)/t8-,9?/m1/s1. The maximum Gasteiger partial charge on any atom is 0.321 e. The lowest BCUT2D eigenvalue weighted by atomic mass is 10.1. The molecule has 0 aromatic heterocycles. The van der Waals surface area contributed by atoms with E-state index in [1.165, 1.54) is 21.1 Å². The van der Waals surface area contributed by atoms with E-state index in [0.717, 1.165) is 5.56 Å². The molecule has 0 saturated carbocycles. The molecule has 0 heterocycles. The van der Waals surface area contributed by atoms with Crippen molar-refractivity contribution < 1.29 is 19.1 Å². The van der Waals surface area contributed by atoms with E-state index in [-0.39, 0.29) is 6.04 Å². The minimum atomic E-state index is -0.850. The van der Waals surface area contributed by atoms with Crippen LogP contribution in [0.1, 0.15) is 25.5 Å². The lowest BCUT2D eigenvalue weighted by molar-refractivity contribution is -0.126. The number of urea groups is 1. The second kappa shape index (κ2) is 7.49. The van der Waals surface area contributed by atoms with Gasteiger partial charge in [0.1, 0.15) is 0 Å². The third-order valence-electron chi connectivity index (χ3n) is 2.85. The van der Waals surface area contributed by atoms with Gasteiger partial charge in [0.15, 0.2) is 17.6 Å². The van der Waals surface area contributed by atoms with Crippen molar-refractivity contribution >= 4 is 11.9 Å². The van der Waals surface area contributed by atoms with Crippen LogP contribution in [0.3, 0.4) is 0 Å². The van der Waals surface area contributed by atoms with Crippen LogP contribution >= 0.6 is 0 Å². The summed E-state index contributed by atoms with van der Waals surface area (Å²) in [5.74, 6) is 0.332. The monoisotopic (exact) mass is 295 g/mol. The summed E-state index contributed by atoms with van der Waals surface area (Å²) in [7, 11) is 2.92. The van der Waals surface area contributed by atoms with Gasteiger partial charge in [-0.15, -0.1) is 0 Å². The molecule has 0 aliphatic carbocycles. The molecule has 0 bridgehead atoms. The number of ether oxygens (including phenoxy) is 2. The summed E-state index contributed by atoms with van der Waals surface area (Å²) in [6, 6.07) is 4.51. The molecular weight excluding hydrogens is 274 g/mol. The number of nitrogens with one attached hydrogen (secondary N) is 2. The van der Waals surface area contributed by atoms with Gasteiger partial charge >= 0.3 is 6.03 Å². The summed E-state index contributed by atoms with van der Waals surface area (Å²) in [5.41, 5.74) is 6.69. The largest absolute Gasteiger partial charge is 0.493 e. The quantitative estimate of drug-likeness (QED) is 0.750. The highest BCUT2D eigenvalue weighted by molar-refractivity contribution is 5.96. The van der Waals surface area contributed by atoms with Gasteiger partial charge in [0.2, 0.25) is 0 Å². The minimum absolute atomic E-state index is 0.137. The zero-order valence-electron chi connectivity index (χ0n) is 12.6. The Hall–Kier alpha value is -2.28. The number of carbonyl (C=O) groups is 2. The van der Waals surface area contributed by atoms with Gasteiger partial charge < -0.3 is 20.5 Å². The molecule has 1 aromatic rings. The maximum absolute atomic E-state index is 11.7. The molecule has 7 heteroatoms. The Morgan fingerprint density at radius 3 is 2.43 bits per heavy atom. The van der Waals surface area contributed by atoms with Gasteiger partial charge in [-0.2, -0.15) is 0 Å². The van der Waals surface area contributed by atoms with Gasteiger partial charge in [-0.1, -0.05) is 6.07 Å². The van der Waals surface area contributed by atoms with Gasteiger partial charge in [-0.25, -0.2) is 4.79 Å². The molecule has 1 aromatic carbocycles. The Morgan fingerprint density at radius 2 is 1.90 bits per heavy atom. The van der Waals surface area contributed by atoms with E-state index in [1.807, 2.05) is 6.92 Å². The Bertz CT molecular complexity index is 517. The van der Waals surface area contributed by atoms with Crippen molar-refractivity contribution in [3.63, 3.8) is 0 Å². The van der Waals surface area contributed by atoms with Gasteiger partial charge in [0, 0.05) is 13.1 Å². The molecule has 116 valence electrons. The fourth-order valence-corrected chi connectivity index (χ4v) is 1.58. The van der Waals surface area contributed by atoms with Crippen molar-refractivity contribution in [1.82, 2.24) is 10.6 Å². The highest BCUT2D eigenvalue weighted by Crippen LogP contribution is 2.30. The Kier molecular flexibility index (Phi) is 5.98. The molecule has 7 nitrogen and oxygen atoms in total. The van der Waals surface area contributed by atoms with E-state index in [4.69, 9.17) is 15.2 Å². The van der Waals surface area contributed by atoms with Gasteiger partial charge in [-0.3, -0.25) is 10.1 Å². The van der Waals surface area contributed by atoms with Crippen LogP contribution in [0.15, 0.2) is 18.2 Å². The third kappa shape index (κ3) is 4.64. The zero-order valence-corrected chi connectivity index (χ0v) is 12.6. The minimum Gasteiger partial charge on any atom is -0.493 e. The summed E-state index contributed by atoms with van der Waals surface area (Å²) in [4.78, 5) is 22.8. The van der Waals surface area contributed by atoms with Crippen molar-refractivity contribution in [2.75, 3.05) is 14.2 Å². The normalized spacial score (nSPS) is 13.0. The molecule has 21 heavy (non-hydrogen) atoms. The number of carbonyl (C=O) groups excluding carboxylic acids is 2. The smallest absolute Gasteiger partial charge is 0.321 e. The number of methoxy groups -OCH3 is 1. The molecule has 0 saturated heterocycles. The van der Waals surface area contributed by atoms with Crippen LogP contribution in [-0.4, -0.2) is 32.2 Å². The molecule has 0 aliphatic heterocycles. The topological polar surface area (TPSA) is 103 Å². The molecule has 1 unspecified atom stereocenters. The summed E-state index contributed by atoms with van der Waals surface area (Å²) in [6.07, 6.45) is -0.850. The van der Waals surface area contributed by atoms with E-state index < -0.39 is 18.0 Å². The predicted octanol–water partition coefficient (Wildman–Crippen LogP) is 0.938. The van der Waals surface area contributed by atoms with Gasteiger partial charge in [-0.05, 0) is 31.5 Å². The fraction of sp³-hybridized carbons (Fsp3) is 0.429. The summed E-state index contributed by atoms with van der Waals surface area (Å²) in [6.45, 7) is 3.39. The lowest BCUT2D eigenvalue weighted by Crippen LogP contribution is -2.44. The Morgan fingerprint density at radius 1 is 1.24 bits per heavy atom. The molecular formula is C14H21N3O4. The van der Waals surface area contributed by atoms with Crippen molar-refractivity contribution in [2.24, 2.45) is 5.73 Å². The SMILES string of the molecule is CNC(=O)NC(=O)C(C)Oc1ccc([C@@H](C)N)cc1OC. The zero-order chi connectivity index (χ0) is 16.0. The second-order valence-electron chi connectivity index (χ2n) is 4.53. The van der Waals surface area contributed by atoms with E-state index in [0.29, 0.717) is 11.5 Å². The first-order valence-corrected chi connectivity index (χ1v) is 6.51. The summed E-state index contributed by atoms with van der Waals surface area (Å²) < 4.78 is 10.7. The first-order valence-electron chi connectivity index (χ1n) is 6.51. The van der Waals surface area contributed by atoms with Crippen LogP contribution in [0.25, 0.3) is 0 Å². The number of hydrogen-bond acceptors (Lipinski definition) is 5. The molecule has 0 fully saturated rings. The number of hydrogen-bond donors (Lipinski definition) is 3. The van der Waals surface area contributed by atoms with E-state index in [1.54, 1.807) is 18.2 Å². The second-order valence-corrected chi connectivity index (χ2v) is 4.53. The summed E-state index contributed by atoms with van der Waals surface area (Å²) in [5, 5.41) is 4.43. The van der Waals surface area contributed by atoms with Crippen molar-refractivity contribution in [1.29, 1.82) is 0 Å². The predicted molar refractivity (Wildman–Crippen MR) is 78.3 cm³/mol. The molecule has 0 radical (unpaired) electrons. The van der Waals surface area contributed by atoms with E-state index in [9.17, 15) is 9.59 Å². The molecule has 4 N–H and O–H groups in total. The van der Waals surface area contributed by atoms with E-state index in [2.05, 4.69) is 10.6 Å². The first-order chi connectivity index (χ1) is 9.88. The van der Waals surface area contributed by atoms with Gasteiger partial charge in [0.25, 0.3) is 5.91 Å². The average molecular weight is 295 g/mol. The summed E-state index contributed by atoms with van der Waals surface area (Å²) >= 11 is 0. The highest BCUT2D eigenvalue weighted by Gasteiger charge is 2.19. The van der Waals surface area contributed by atoms with Crippen LogP contribution in [0, 0.1) is 0 Å². The molecule has 3 amide bonds. The molecule has 0 spiro atoms. The van der Waals surface area contributed by atoms with Crippen LogP contribution in [-0.2, 0) is 4.79 Å². The van der Waals surface area contributed by atoms with Crippen LogP contribution in [0.4, 0.5) is 4.79 Å². The number of benzene rings is 1. The molecule has 2 atom stereocenters. The van der Waals surface area contributed by atoms with Crippen LogP contribution < -0.4 is 25.8 Å². The van der Waals surface area contributed by atoms with E-state index >= 15 is 0 Å². The van der Waals surface area contributed by atoms with Crippen molar-refractivity contribution in [2.45, 2.75) is 26.0 Å².